The number of sulfone groups is 1. The highest BCUT2D eigenvalue weighted by Crippen LogP contribution is 2.29. The van der Waals surface area contributed by atoms with E-state index in [1.807, 2.05) is 41.0 Å². The lowest BCUT2D eigenvalue weighted by Crippen LogP contribution is -2.06. The third-order valence-corrected chi connectivity index (χ3v) is 6.14. The van der Waals surface area contributed by atoms with Crippen LogP contribution in [-0.2, 0) is 9.84 Å². The van der Waals surface area contributed by atoms with E-state index in [0.29, 0.717) is 21.8 Å². The van der Waals surface area contributed by atoms with Crippen LogP contribution in [0.1, 0.15) is 0 Å². The largest absolute Gasteiger partial charge is 0.497 e. The van der Waals surface area contributed by atoms with E-state index in [0.717, 1.165) is 17.0 Å². The number of thioether (sulfide) groups is 1. The molecule has 0 radical (unpaired) electrons. The Balaban J connectivity index is 2.01. The zero-order valence-corrected chi connectivity index (χ0v) is 17.2. The van der Waals surface area contributed by atoms with Crippen molar-refractivity contribution < 1.29 is 13.2 Å². The third kappa shape index (κ3) is 5.03. The molecule has 3 aromatic rings. The quantitative estimate of drug-likeness (QED) is 0.539. The first kappa shape index (κ1) is 19.7. The van der Waals surface area contributed by atoms with Crippen LogP contribution < -0.4 is 4.74 Å². The molecular weight excluding hydrogens is 406 g/mol. The maximum absolute atomic E-state index is 11.4. The van der Waals surface area contributed by atoms with Crippen LogP contribution in [-0.4, -0.2) is 48.1 Å². The molecule has 0 aliphatic carbocycles. The first-order chi connectivity index (χ1) is 12.9. The van der Waals surface area contributed by atoms with E-state index in [9.17, 15) is 8.42 Å². The molecule has 0 fully saturated rings. The Hall–Kier alpha value is -2.03. The summed E-state index contributed by atoms with van der Waals surface area (Å²) in [5, 5.41) is 9.84. The highest BCUT2D eigenvalue weighted by molar-refractivity contribution is 8.00. The minimum Gasteiger partial charge on any atom is -0.497 e. The Labute approximate surface area is 167 Å². The molecule has 0 amide bonds. The number of benzene rings is 2. The SMILES string of the molecule is COc1ccc(-n2c(SCCS(C)(=O)=O)nnc2-c2ccc(Cl)cc2)cc1. The molecule has 1 heterocycles. The molecule has 0 saturated carbocycles. The monoisotopic (exact) mass is 423 g/mol. The molecule has 0 bridgehead atoms. The zero-order valence-electron chi connectivity index (χ0n) is 14.8. The van der Waals surface area contributed by atoms with E-state index in [2.05, 4.69) is 10.2 Å². The van der Waals surface area contributed by atoms with Gasteiger partial charge in [-0.2, -0.15) is 0 Å². The van der Waals surface area contributed by atoms with Crippen molar-refractivity contribution in [2.24, 2.45) is 0 Å². The highest BCUT2D eigenvalue weighted by atomic mass is 35.5. The van der Waals surface area contributed by atoms with E-state index in [4.69, 9.17) is 16.3 Å². The van der Waals surface area contributed by atoms with Gasteiger partial charge in [-0.05, 0) is 48.5 Å². The van der Waals surface area contributed by atoms with Crippen LogP contribution in [0.4, 0.5) is 0 Å². The molecule has 0 aliphatic rings. The second-order valence-corrected chi connectivity index (χ2v) is 9.58. The van der Waals surface area contributed by atoms with Crippen molar-refractivity contribution >= 4 is 33.2 Å². The molecule has 1 aromatic heterocycles. The van der Waals surface area contributed by atoms with Crippen molar-refractivity contribution in [1.82, 2.24) is 14.8 Å². The lowest BCUT2D eigenvalue weighted by molar-refractivity contribution is 0.414. The number of methoxy groups -OCH3 is 1. The standard InChI is InChI=1S/C18H18ClN3O3S2/c1-25-16-9-7-15(8-10-16)22-17(13-3-5-14(19)6-4-13)20-21-18(22)26-11-12-27(2,23)24/h3-10H,11-12H2,1-2H3. The molecule has 27 heavy (non-hydrogen) atoms. The Morgan fingerprint density at radius 2 is 1.74 bits per heavy atom. The molecule has 0 spiro atoms. The molecule has 0 N–H and O–H groups in total. The van der Waals surface area contributed by atoms with Crippen LogP contribution in [0.15, 0.2) is 53.7 Å². The number of aromatic nitrogens is 3. The van der Waals surface area contributed by atoms with Gasteiger partial charge in [0.1, 0.15) is 15.6 Å². The van der Waals surface area contributed by atoms with Crippen LogP contribution in [0.5, 0.6) is 5.75 Å². The van der Waals surface area contributed by atoms with Gasteiger partial charge >= 0.3 is 0 Å². The maximum Gasteiger partial charge on any atom is 0.196 e. The summed E-state index contributed by atoms with van der Waals surface area (Å²) < 4.78 is 30.0. The van der Waals surface area contributed by atoms with Gasteiger partial charge in [-0.3, -0.25) is 4.57 Å². The van der Waals surface area contributed by atoms with Gasteiger partial charge < -0.3 is 4.74 Å². The van der Waals surface area contributed by atoms with Gasteiger partial charge in [0.15, 0.2) is 11.0 Å². The molecule has 2 aromatic carbocycles. The summed E-state index contributed by atoms with van der Waals surface area (Å²) >= 11 is 7.34. The average Bonchev–Trinajstić information content (AvgIpc) is 3.05. The molecule has 0 saturated heterocycles. The fourth-order valence-corrected chi connectivity index (χ4v) is 4.67. The van der Waals surface area contributed by atoms with Gasteiger partial charge in [0.2, 0.25) is 0 Å². The number of hydrogen-bond donors (Lipinski definition) is 0. The van der Waals surface area contributed by atoms with E-state index >= 15 is 0 Å². The van der Waals surface area contributed by atoms with Crippen LogP contribution in [0.3, 0.4) is 0 Å². The van der Waals surface area contributed by atoms with Gasteiger partial charge in [0.05, 0.1) is 12.9 Å². The molecule has 9 heteroatoms. The third-order valence-electron chi connectivity index (χ3n) is 3.75. The number of ether oxygens (including phenoxy) is 1. The normalized spacial score (nSPS) is 11.5. The summed E-state index contributed by atoms with van der Waals surface area (Å²) in [4.78, 5) is 0. The second kappa shape index (κ2) is 8.33. The molecule has 0 unspecified atom stereocenters. The molecule has 0 atom stereocenters. The predicted molar refractivity (Wildman–Crippen MR) is 109 cm³/mol. The summed E-state index contributed by atoms with van der Waals surface area (Å²) in [7, 11) is -1.43. The fourth-order valence-electron chi connectivity index (χ4n) is 2.40. The van der Waals surface area contributed by atoms with Gasteiger partial charge in [0, 0.05) is 28.3 Å². The molecule has 6 nitrogen and oxygen atoms in total. The number of halogens is 1. The number of hydrogen-bond acceptors (Lipinski definition) is 6. The molecular formula is C18H18ClN3O3S2. The average molecular weight is 424 g/mol. The Bertz CT molecular complexity index is 1020. The fraction of sp³-hybridized carbons (Fsp3) is 0.222. The van der Waals surface area contributed by atoms with Crippen molar-refractivity contribution in [3.63, 3.8) is 0 Å². The molecule has 142 valence electrons. The second-order valence-electron chi connectivity index (χ2n) is 5.82. The maximum atomic E-state index is 11.4. The minimum absolute atomic E-state index is 0.0728. The lowest BCUT2D eigenvalue weighted by atomic mass is 10.2. The summed E-state index contributed by atoms with van der Waals surface area (Å²) in [5.74, 6) is 1.86. The Morgan fingerprint density at radius 1 is 1.07 bits per heavy atom. The van der Waals surface area contributed by atoms with Crippen molar-refractivity contribution in [1.29, 1.82) is 0 Å². The first-order valence-electron chi connectivity index (χ1n) is 8.04. The summed E-state index contributed by atoms with van der Waals surface area (Å²) in [5.41, 5.74) is 1.71. The smallest absolute Gasteiger partial charge is 0.196 e. The van der Waals surface area contributed by atoms with E-state index in [-0.39, 0.29) is 5.75 Å². The van der Waals surface area contributed by atoms with Crippen molar-refractivity contribution in [2.75, 3.05) is 24.9 Å². The van der Waals surface area contributed by atoms with E-state index in [1.54, 1.807) is 19.2 Å². The highest BCUT2D eigenvalue weighted by Gasteiger charge is 2.17. The van der Waals surface area contributed by atoms with Crippen LogP contribution in [0.2, 0.25) is 5.02 Å². The van der Waals surface area contributed by atoms with Gasteiger partial charge in [-0.15, -0.1) is 10.2 Å². The van der Waals surface area contributed by atoms with E-state index in [1.165, 1.54) is 18.0 Å². The lowest BCUT2D eigenvalue weighted by Gasteiger charge is -2.11. The topological polar surface area (TPSA) is 74.1 Å². The predicted octanol–water partition coefficient (Wildman–Crippen LogP) is 3.73. The minimum atomic E-state index is -3.04. The number of nitrogens with zero attached hydrogens (tertiary/aromatic N) is 3. The molecule has 0 aliphatic heterocycles. The summed E-state index contributed by atoms with van der Waals surface area (Å²) in [6.07, 6.45) is 1.22. The Kier molecular flexibility index (Phi) is 6.08. The van der Waals surface area contributed by atoms with Crippen LogP contribution in [0.25, 0.3) is 17.1 Å². The first-order valence-corrected chi connectivity index (χ1v) is 11.5. The molecule has 3 rings (SSSR count). The zero-order chi connectivity index (χ0) is 19.4. The Morgan fingerprint density at radius 3 is 2.33 bits per heavy atom. The van der Waals surface area contributed by atoms with Gasteiger partial charge in [-0.25, -0.2) is 8.42 Å². The van der Waals surface area contributed by atoms with Crippen molar-refractivity contribution in [2.45, 2.75) is 5.16 Å². The van der Waals surface area contributed by atoms with Gasteiger partial charge in [-0.1, -0.05) is 23.4 Å². The van der Waals surface area contributed by atoms with E-state index < -0.39 is 9.84 Å². The summed E-state index contributed by atoms with van der Waals surface area (Å²) in [6.45, 7) is 0. The van der Waals surface area contributed by atoms with Crippen molar-refractivity contribution in [3.05, 3.63) is 53.6 Å². The van der Waals surface area contributed by atoms with Crippen LogP contribution >= 0.6 is 23.4 Å². The summed E-state index contributed by atoms with van der Waals surface area (Å²) in [6, 6.07) is 14.8. The van der Waals surface area contributed by atoms with Crippen LogP contribution in [0, 0.1) is 0 Å². The van der Waals surface area contributed by atoms with Gasteiger partial charge in [0.25, 0.3) is 0 Å². The number of rotatable bonds is 7. The van der Waals surface area contributed by atoms with Crippen molar-refractivity contribution in [3.8, 4) is 22.8 Å².